The van der Waals surface area contributed by atoms with Crippen LogP contribution in [-0.2, 0) is 11.2 Å². The van der Waals surface area contributed by atoms with Crippen molar-refractivity contribution in [1.82, 2.24) is 5.32 Å². The van der Waals surface area contributed by atoms with Gasteiger partial charge in [0.05, 0.1) is 11.5 Å². The van der Waals surface area contributed by atoms with Gasteiger partial charge in [-0.1, -0.05) is 11.6 Å². The van der Waals surface area contributed by atoms with Gasteiger partial charge in [-0.3, -0.25) is 4.79 Å². The molecule has 1 aromatic rings. The fourth-order valence-electron chi connectivity index (χ4n) is 2.96. The van der Waals surface area contributed by atoms with E-state index in [4.69, 9.17) is 22.1 Å². The second kappa shape index (κ2) is 5.50. The smallest absolute Gasteiger partial charge is 0.227 e. The van der Waals surface area contributed by atoms with Gasteiger partial charge in [-0.05, 0) is 55.9 Å². The molecule has 1 fully saturated rings. The van der Waals surface area contributed by atoms with E-state index in [1.165, 1.54) is 0 Å². The first-order chi connectivity index (χ1) is 10.0. The second-order valence-electron chi connectivity index (χ2n) is 6.35. The third kappa shape index (κ3) is 3.01. The van der Waals surface area contributed by atoms with Crippen molar-refractivity contribution in [2.45, 2.75) is 31.7 Å². The number of carbonyl (C=O) groups is 1. The Kier molecular flexibility index (Phi) is 3.84. The second-order valence-corrected chi connectivity index (χ2v) is 6.79. The van der Waals surface area contributed by atoms with Crippen molar-refractivity contribution in [3.8, 4) is 5.75 Å². The molecule has 0 bridgehead atoms. The monoisotopic (exact) mass is 308 g/mol. The molecule has 1 aromatic carbocycles. The van der Waals surface area contributed by atoms with Gasteiger partial charge in [0.1, 0.15) is 12.4 Å². The molecule has 1 amide bonds. The number of nitrogens with two attached hydrogens (primary N) is 1. The van der Waals surface area contributed by atoms with Gasteiger partial charge < -0.3 is 15.8 Å². The molecule has 0 radical (unpaired) electrons. The number of benzene rings is 1. The quantitative estimate of drug-likeness (QED) is 0.895. The summed E-state index contributed by atoms with van der Waals surface area (Å²) in [4.78, 5) is 12.5. The summed E-state index contributed by atoms with van der Waals surface area (Å²) >= 11 is 6.01. The van der Waals surface area contributed by atoms with Crippen molar-refractivity contribution in [3.63, 3.8) is 0 Å². The summed E-state index contributed by atoms with van der Waals surface area (Å²) in [5.74, 6) is 1.19. The summed E-state index contributed by atoms with van der Waals surface area (Å²) in [5.41, 5.74) is 6.57. The zero-order valence-corrected chi connectivity index (χ0v) is 13.0. The lowest BCUT2D eigenvalue weighted by molar-refractivity contribution is -0.128. The maximum Gasteiger partial charge on any atom is 0.227 e. The summed E-state index contributed by atoms with van der Waals surface area (Å²) in [6.07, 6.45) is 2.95. The number of nitrogens with one attached hydrogen (secondary N) is 1. The Balaban J connectivity index is 1.69. The number of ether oxygens (including phenoxy) is 1. The number of carbonyl (C=O) groups excluding carboxylic acids is 1. The van der Waals surface area contributed by atoms with Crippen LogP contribution in [0.3, 0.4) is 0 Å². The molecule has 5 heteroatoms. The number of hydrogen-bond acceptors (Lipinski definition) is 3. The third-order valence-electron chi connectivity index (χ3n) is 4.61. The first-order valence-electron chi connectivity index (χ1n) is 7.45. The lowest BCUT2D eigenvalue weighted by Gasteiger charge is -2.33. The standard InChI is InChI=1S/C16H21ClN2O2/c1-16(9-18,12-2-3-12)19-15(20)11-6-10-7-13(17)4-5-14(10)21-8-11/h4-5,7,11-12H,2-3,6,8-9,18H2,1H3,(H,19,20). The SMILES string of the molecule is CC(CN)(NC(=O)C1COc2ccc(Cl)cc2C1)C1CC1. The van der Waals surface area contributed by atoms with E-state index in [0.29, 0.717) is 30.5 Å². The Morgan fingerprint density at radius 3 is 2.95 bits per heavy atom. The number of hydrogen-bond donors (Lipinski definition) is 2. The van der Waals surface area contributed by atoms with Crippen LogP contribution in [-0.4, -0.2) is 24.6 Å². The zero-order valence-electron chi connectivity index (χ0n) is 12.2. The molecule has 21 heavy (non-hydrogen) atoms. The predicted molar refractivity (Wildman–Crippen MR) is 82.5 cm³/mol. The van der Waals surface area contributed by atoms with E-state index in [0.717, 1.165) is 24.2 Å². The fourth-order valence-corrected chi connectivity index (χ4v) is 3.15. The number of halogens is 1. The van der Waals surface area contributed by atoms with Crippen molar-refractivity contribution in [2.75, 3.05) is 13.2 Å². The highest BCUT2D eigenvalue weighted by atomic mass is 35.5. The highest BCUT2D eigenvalue weighted by Gasteiger charge is 2.42. The van der Waals surface area contributed by atoms with E-state index in [1.807, 2.05) is 19.1 Å². The molecule has 3 N–H and O–H groups in total. The van der Waals surface area contributed by atoms with Crippen LogP contribution in [0.4, 0.5) is 0 Å². The Labute approximate surface area is 130 Å². The number of amides is 1. The van der Waals surface area contributed by atoms with Crippen molar-refractivity contribution in [2.24, 2.45) is 17.6 Å². The maximum absolute atomic E-state index is 12.5. The molecule has 1 saturated carbocycles. The van der Waals surface area contributed by atoms with Gasteiger partial charge in [0.15, 0.2) is 0 Å². The largest absolute Gasteiger partial charge is 0.492 e. The Morgan fingerprint density at radius 1 is 1.52 bits per heavy atom. The molecule has 4 nitrogen and oxygen atoms in total. The molecule has 0 spiro atoms. The molecule has 1 heterocycles. The van der Waals surface area contributed by atoms with Gasteiger partial charge in [0, 0.05) is 11.6 Å². The first-order valence-corrected chi connectivity index (χ1v) is 7.83. The summed E-state index contributed by atoms with van der Waals surface area (Å²) in [6, 6.07) is 5.54. The van der Waals surface area contributed by atoms with Gasteiger partial charge in [-0.25, -0.2) is 0 Å². The van der Waals surface area contributed by atoms with Crippen LogP contribution in [0.25, 0.3) is 0 Å². The van der Waals surface area contributed by atoms with Crippen LogP contribution in [0, 0.1) is 11.8 Å². The average Bonchev–Trinajstić information content (AvgIpc) is 3.31. The van der Waals surface area contributed by atoms with Gasteiger partial charge in [0.25, 0.3) is 0 Å². The molecule has 2 atom stereocenters. The van der Waals surface area contributed by atoms with Gasteiger partial charge in [-0.2, -0.15) is 0 Å². The number of fused-ring (bicyclic) bond motifs is 1. The zero-order chi connectivity index (χ0) is 15.0. The Hall–Kier alpha value is -1.26. The molecule has 1 aliphatic heterocycles. The van der Waals surface area contributed by atoms with Crippen molar-refractivity contribution in [1.29, 1.82) is 0 Å². The topological polar surface area (TPSA) is 64.3 Å². The summed E-state index contributed by atoms with van der Waals surface area (Å²) < 4.78 is 5.69. The minimum Gasteiger partial charge on any atom is -0.492 e. The summed E-state index contributed by atoms with van der Waals surface area (Å²) in [6.45, 7) is 2.92. The van der Waals surface area contributed by atoms with Crippen LogP contribution in [0.15, 0.2) is 18.2 Å². The van der Waals surface area contributed by atoms with Crippen LogP contribution in [0.5, 0.6) is 5.75 Å². The van der Waals surface area contributed by atoms with E-state index >= 15 is 0 Å². The van der Waals surface area contributed by atoms with Gasteiger partial charge in [-0.15, -0.1) is 0 Å². The Morgan fingerprint density at radius 2 is 2.29 bits per heavy atom. The highest BCUT2D eigenvalue weighted by molar-refractivity contribution is 6.30. The average molecular weight is 309 g/mol. The lowest BCUT2D eigenvalue weighted by Crippen LogP contribution is -2.55. The highest BCUT2D eigenvalue weighted by Crippen LogP contribution is 2.39. The molecular formula is C16H21ClN2O2. The van der Waals surface area contributed by atoms with E-state index in [-0.39, 0.29) is 17.4 Å². The summed E-state index contributed by atoms with van der Waals surface area (Å²) in [5, 5.41) is 3.81. The van der Waals surface area contributed by atoms with E-state index in [2.05, 4.69) is 5.32 Å². The van der Waals surface area contributed by atoms with Crippen LogP contribution in [0.2, 0.25) is 5.02 Å². The van der Waals surface area contributed by atoms with E-state index in [9.17, 15) is 4.79 Å². The third-order valence-corrected chi connectivity index (χ3v) is 4.85. The predicted octanol–water partition coefficient (Wildman–Crippen LogP) is 2.13. The van der Waals surface area contributed by atoms with Crippen LogP contribution >= 0.6 is 11.6 Å². The molecular weight excluding hydrogens is 288 g/mol. The normalized spacial score (nSPS) is 23.7. The van der Waals surface area contributed by atoms with E-state index < -0.39 is 0 Å². The van der Waals surface area contributed by atoms with Crippen molar-refractivity contribution in [3.05, 3.63) is 28.8 Å². The molecule has 2 aliphatic rings. The van der Waals surface area contributed by atoms with E-state index in [1.54, 1.807) is 6.07 Å². The minimum atomic E-state index is -0.286. The lowest BCUT2D eigenvalue weighted by atomic mass is 9.92. The molecule has 2 unspecified atom stereocenters. The number of rotatable bonds is 4. The molecule has 0 aromatic heterocycles. The molecule has 1 aliphatic carbocycles. The van der Waals surface area contributed by atoms with Crippen molar-refractivity contribution < 1.29 is 9.53 Å². The van der Waals surface area contributed by atoms with Gasteiger partial charge in [0.2, 0.25) is 5.91 Å². The molecule has 0 saturated heterocycles. The van der Waals surface area contributed by atoms with Gasteiger partial charge >= 0.3 is 0 Å². The minimum absolute atomic E-state index is 0.0282. The summed E-state index contributed by atoms with van der Waals surface area (Å²) in [7, 11) is 0. The maximum atomic E-state index is 12.5. The molecule has 3 rings (SSSR count). The van der Waals surface area contributed by atoms with Crippen LogP contribution in [0.1, 0.15) is 25.3 Å². The Bertz CT molecular complexity index is 559. The van der Waals surface area contributed by atoms with Crippen molar-refractivity contribution >= 4 is 17.5 Å². The van der Waals surface area contributed by atoms with Crippen LogP contribution < -0.4 is 15.8 Å². The fraction of sp³-hybridized carbons (Fsp3) is 0.562. The first kappa shape index (κ1) is 14.7. The molecule has 114 valence electrons.